The van der Waals surface area contributed by atoms with Gasteiger partial charge in [-0.15, -0.1) is 0 Å². The molecule has 17 heavy (non-hydrogen) atoms. The Morgan fingerprint density at radius 3 is 2.47 bits per heavy atom. The van der Waals surface area contributed by atoms with Crippen LogP contribution >= 0.6 is 11.6 Å². The minimum absolute atomic E-state index is 0.223. The first-order valence-corrected chi connectivity index (χ1v) is 6.98. The van der Waals surface area contributed by atoms with Crippen LogP contribution in [-0.2, 0) is 6.42 Å². The Kier molecular flexibility index (Phi) is 6.01. The molecule has 0 radical (unpaired) electrons. The van der Waals surface area contributed by atoms with Crippen molar-refractivity contribution in [3.63, 3.8) is 0 Å². The monoisotopic (exact) mass is 253 g/mol. The lowest BCUT2D eigenvalue weighted by Gasteiger charge is -2.32. The van der Waals surface area contributed by atoms with Crippen LogP contribution in [0.25, 0.3) is 0 Å². The van der Waals surface area contributed by atoms with Crippen molar-refractivity contribution < 1.29 is 0 Å². The van der Waals surface area contributed by atoms with Crippen LogP contribution in [0.3, 0.4) is 0 Å². The van der Waals surface area contributed by atoms with Crippen molar-refractivity contribution in [3.8, 4) is 0 Å². The first-order valence-electron chi connectivity index (χ1n) is 6.61. The molecule has 0 saturated heterocycles. The van der Waals surface area contributed by atoms with Gasteiger partial charge in [-0.1, -0.05) is 56.5 Å². The van der Waals surface area contributed by atoms with E-state index in [0.29, 0.717) is 0 Å². The van der Waals surface area contributed by atoms with Gasteiger partial charge in [-0.2, -0.15) is 0 Å². The minimum Gasteiger partial charge on any atom is -0.330 e. The molecule has 0 saturated carbocycles. The van der Waals surface area contributed by atoms with Crippen molar-refractivity contribution in [1.29, 1.82) is 0 Å². The number of rotatable bonds is 7. The van der Waals surface area contributed by atoms with E-state index in [-0.39, 0.29) is 5.41 Å². The Bertz CT molecular complexity index is 331. The van der Waals surface area contributed by atoms with E-state index in [9.17, 15) is 0 Å². The highest BCUT2D eigenvalue weighted by molar-refractivity contribution is 6.31. The summed E-state index contributed by atoms with van der Waals surface area (Å²) in [6.07, 6.45) is 5.79. The molecule has 1 rings (SSSR count). The number of unbranched alkanes of at least 4 members (excludes halogenated alkanes) is 1. The summed E-state index contributed by atoms with van der Waals surface area (Å²) in [7, 11) is 0. The molecule has 0 aliphatic carbocycles. The number of hydrogen-bond donors (Lipinski definition) is 1. The molecule has 0 fully saturated rings. The fourth-order valence-electron chi connectivity index (χ4n) is 2.31. The van der Waals surface area contributed by atoms with Gasteiger partial charge in [-0.3, -0.25) is 0 Å². The molecular weight excluding hydrogens is 230 g/mol. The number of nitrogens with two attached hydrogens (primary N) is 1. The zero-order chi connectivity index (χ0) is 12.7. The number of halogens is 1. The van der Waals surface area contributed by atoms with Gasteiger partial charge in [0.2, 0.25) is 0 Å². The molecule has 0 aliphatic rings. The third kappa shape index (κ3) is 4.01. The Morgan fingerprint density at radius 2 is 1.94 bits per heavy atom. The van der Waals surface area contributed by atoms with Gasteiger partial charge in [-0.25, -0.2) is 0 Å². The highest BCUT2D eigenvalue weighted by Gasteiger charge is 2.26. The highest BCUT2D eigenvalue weighted by Crippen LogP contribution is 2.34. The van der Waals surface area contributed by atoms with E-state index in [1.807, 2.05) is 12.1 Å². The van der Waals surface area contributed by atoms with Crippen LogP contribution in [0.5, 0.6) is 0 Å². The topological polar surface area (TPSA) is 26.0 Å². The Morgan fingerprint density at radius 1 is 1.24 bits per heavy atom. The van der Waals surface area contributed by atoms with Crippen molar-refractivity contribution in [2.24, 2.45) is 11.1 Å². The van der Waals surface area contributed by atoms with Gasteiger partial charge < -0.3 is 5.73 Å². The van der Waals surface area contributed by atoms with E-state index in [1.54, 1.807) is 0 Å². The molecule has 1 nitrogen and oxygen atoms in total. The second-order valence-corrected chi connectivity index (χ2v) is 5.34. The summed E-state index contributed by atoms with van der Waals surface area (Å²) in [5, 5.41) is 0.871. The molecule has 0 heterocycles. The largest absolute Gasteiger partial charge is 0.330 e. The van der Waals surface area contributed by atoms with Gasteiger partial charge >= 0.3 is 0 Å². The van der Waals surface area contributed by atoms with Crippen molar-refractivity contribution >= 4 is 11.6 Å². The Hall–Kier alpha value is -0.530. The number of benzene rings is 1. The molecule has 1 aromatic rings. The summed E-state index contributed by atoms with van der Waals surface area (Å²) in [5.74, 6) is 0. The van der Waals surface area contributed by atoms with Gasteiger partial charge in [0, 0.05) is 5.02 Å². The van der Waals surface area contributed by atoms with Crippen molar-refractivity contribution in [1.82, 2.24) is 0 Å². The summed E-state index contributed by atoms with van der Waals surface area (Å²) in [5.41, 5.74) is 7.47. The van der Waals surface area contributed by atoms with Crippen LogP contribution in [0.2, 0.25) is 5.02 Å². The minimum atomic E-state index is 0.223. The fourth-order valence-corrected chi connectivity index (χ4v) is 2.51. The summed E-state index contributed by atoms with van der Waals surface area (Å²) in [6, 6.07) is 8.12. The Labute approximate surface area is 110 Å². The zero-order valence-electron chi connectivity index (χ0n) is 11.0. The van der Waals surface area contributed by atoms with Crippen molar-refractivity contribution in [2.75, 3.05) is 6.54 Å². The maximum absolute atomic E-state index is 6.24. The molecule has 2 N–H and O–H groups in total. The smallest absolute Gasteiger partial charge is 0.0438 e. The predicted octanol–water partition coefficient (Wildman–Crippen LogP) is 4.43. The molecule has 0 amide bonds. The summed E-state index contributed by atoms with van der Waals surface area (Å²) < 4.78 is 0. The van der Waals surface area contributed by atoms with Gasteiger partial charge in [0.25, 0.3) is 0 Å². The summed E-state index contributed by atoms with van der Waals surface area (Å²) in [6.45, 7) is 5.21. The van der Waals surface area contributed by atoms with E-state index >= 15 is 0 Å². The van der Waals surface area contributed by atoms with E-state index in [2.05, 4.69) is 26.0 Å². The average molecular weight is 254 g/mol. The quantitative estimate of drug-likeness (QED) is 0.765. The first kappa shape index (κ1) is 14.5. The maximum Gasteiger partial charge on any atom is 0.0438 e. The standard InChI is InChI=1S/C15H24ClN/c1-3-5-10-15(4-2,12-17)11-13-8-6-7-9-14(13)16/h6-9H,3-5,10-12,17H2,1-2H3. The molecule has 0 aliphatic heterocycles. The highest BCUT2D eigenvalue weighted by atomic mass is 35.5. The normalized spacial score (nSPS) is 14.6. The molecule has 96 valence electrons. The van der Waals surface area contributed by atoms with E-state index < -0.39 is 0 Å². The molecule has 2 heteroatoms. The molecule has 1 unspecified atom stereocenters. The lowest BCUT2D eigenvalue weighted by atomic mass is 9.75. The second-order valence-electron chi connectivity index (χ2n) is 4.93. The molecule has 1 aromatic carbocycles. The van der Waals surface area contributed by atoms with E-state index in [4.69, 9.17) is 17.3 Å². The van der Waals surface area contributed by atoms with Crippen LogP contribution < -0.4 is 5.73 Å². The lowest BCUT2D eigenvalue weighted by molar-refractivity contribution is 0.251. The Balaban J connectivity index is 2.82. The lowest BCUT2D eigenvalue weighted by Crippen LogP contribution is -2.32. The second kappa shape index (κ2) is 7.03. The molecule has 1 atom stereocenters. The predicted molar refractivity (Wildman–Crippen MR) is 76.5 cm³/mol. The van der Waals surface area contributed by atoms with E-state index in [1.165, 1.54) is 24.8 Å². The van der Waals surface area contributed by atoms with Gasteiger partial charge in [0.15, 0.2) is 0 Å². The van der Waals surface area contributed by atoms with E-state index in [0.717, 1.165) is 24.4 Å². The molecule has 0 aromatic heterocycles. The zero-order valence-corrected chi connectivity index (χ0v) is 11.8. The molecule has 0 bridgehead atoms. The fraction of sp³-hybridized carbons (Fsp3) is 0.600. The van der Waals surface area contributed by atoms with Crippen molar-refractivity contribution in [3.05, 3.63) is 34.9 Å². The van der Waals surface area contributed by atoms with Crippen LogP contribution in [0.4, 0.5) is 0 Å². The van der Waals surface area contributed by atoms with Gasteiger partial charge in [0.1, 0.15) is 0 Å². The maximum atomic E-state index is 6.24. The third-order valence-corrected chi connectivity index (χ3v) is 4.14. The first-order chi connectivity index (χ1) is 8.17. The molecule has 0 spiro atoms. The van der Waals surface area contributed by atoms with Crippen LogP contribution in [0, 0.1) is 5.41 Å². The van der Waals surface area contributed by atoms with Crippen LogP contribution in [0.1, 0.15) is 45.1 Å². The SMILES string of the molecule is CCCCC(CC)(CN)Cc1ccccc1Cl. The summed E-state index contributed by atoms with van der Waals surface area (Å²) >= 11 is 6.24. The van der Waals surface area contributed by atoms with Crippen molar-refractivity contribution in [2.45, 2.75) is 46.0 Å². The average Bonchev–Trinajstić information content (AvgIpc) is 2.37. The number of hydrogen-bond acceptors (Lipinski definition) is 1. The van der Waals surface area contributed by atoms with Crippen LogP contribution in [-0.4, -0.2) is 6.54 Å². The summed E-state index contributed by atoms with van der Waals surface area (Å²) in [4.78, 5) is 0. The molecular formula is C15H24ClN. The van der Waals surface area contributed by atoms with Crippen LogP contribution in [0.15, 0.2) is 24.3 Å². The van der Waals surface area contributed by atoms with Gasteiger partial charge in [-0.05, 0) is 42.9 Å². The van der Waals surface area contributed by atoms with Gasteiger partial charge in [0.05, 0.1) is 0 Å². The third-order valence-electron chi connectivity index (χ3n) is 3.77.